The molecule has 8 heteroatoms. The highest BCUT2D eigenvalue weighted by atomic mass is 16.6. The number of ether oxygens (including phenoxy) is 2. The average molecular weight is 358 g/mol. The number of esters is 1. The van der Waals surface area contributed by atoms with E-state index in [0.717, 1.165) is 0 Å². The Kier molecular flexibility index (Phi) is 6.26. The minimum Gasteiger partial charge on any atom is -0.491 e. The molecule has 0 heterocycles. The van der Waals surface area contributed by atoms with Crippen molar-refractivity contribution < 1.29 is 24.0 Å². The normalized spacial score (nSPS) is 10.3. The first-order chi connectivity index (χ1) is 12.3. The molecule has 2 rings (SSSR count). The van der Waals surface area contributed by atoms with Gasteiger partial charge in [0.05, 0.1) is 16.6 Å². The van der Waals surface area contributed by atoms with E-state index in [9.17, 15) is 19.7 Å². The van der Waals surface area contributed by atoms with Crippen LogP contribution in [0.5, 0.6) is 5.75 Å². The summed E-state index contributed by atoms with van der Waals surface area (Å²) in [5, 5.41) is 13.1. The number of non-ortho nitro benzene ring substituents is 1. The van der Waals surface area contributed by atoms with Crippen molar-refractivity contribution in [1.29, 1.82) is 0 Å². The molecule has 0 aliphatic rings. The second-order valence-electron chi connectivity index (χ2n) is 5.62. The third-order valence-corrected chi connectivity index (χ3v) is 3.16. The lowest BCUT2D eigenvalue weighted by atomic mass is 10.2. The summed E-state index contributed by atoms with van der Waals surface area (Å²) in [4.78, 5) is 33.8. The standard InChI is InChI=1S/C18H18N2O6/c1-12(2)26-16-9-3-13(4-10-16)18(22)25-11-17(21)19-14-5-7-15(8-6-14)20(23)24/h3-10,12H,11H2,1-2H3,(H,19,21). The van der Waals surface area contributed by atoms with Gasteiger partial charge in [-0.25, -0.2) is 4.79 Å². The quantitative estimate of drug-likeness (QED) is 0.463. The van der Waals surface area contributed by atoms with Gasteiger partial charge < -0.3 is 14.8 Å². The summed E-state index contributed by atoms with van der Waals surface area (Å²) in [5.74, 6) is -0.556. The van der Waals surface area contributed by atoms with Crippen molar-refractivity contribution in [2.45, 2.75) is 20.0 Å². The van der Waals surface area contributed by atoms with E-state index in [4.69, 9.17) is 9.47 Å². The lowest BCUT2D eigenvalue weighted by Gasteiger charge is -2.10. The Morgan fingerprint density at radius 2 is 1.69 bits per heavy atom. The van der Waals surface area contributed by atoms with Crippen molar-refractivity contribution in [3.8, 4) is 5.75 Å². The van der Waals surface area contributed by atoms with Crippen LogP contribution in [0.25, 0.3) is 0 Å². The van der Waals surface area contributed by atoms with Gasteiger partial charge in [0, 0.05) is 17.8 Å². The van der Waals surface area contributed by atoms with Gasteiger partial charge in [0.2, 0.25) is 0 Å². The van der Waals surface area contributed by atoms with E-state index in [1.807, 2.05) is 13.8 Å². The summed E-state index contributed by atoms with van der Waals surface area (Å²) < 4.78 is 10.4. The SMILES string of the molecule is CC(C)Oc1ccc(C(=O)OCC(=O)Nc2ccc([N+](=O)[O-])cc2)cc1. The number of carbonyl (C=O) groups excluding carboxylic acids is 2. The fourth-order valence-electron chi connectivity index (χ4n) is 2.02. The molecule has 2 aromatic carbocycles. The minimum atomic E-state index is -0.639. The van der Waals surface area contributed by atoms with Crippen LogP contribution in [0.2, 0.25) is 0 Å². The first kappa shape index (κ1) is 18.9. The van der Waals surface area contributed by atoms with Gasteiger partial charge in [-0.2, -0.15) is 0 Å². The molecule has 2 aromatic rings. The van der Waals surface area contributed by atoms with Crippen LogP contribution < -0.4 is 10.1 Å². The van der Waals surface area contributed by atoms with E-state index < -0.39 is 23.4 Å². The maximum Gasteiger partial charge on any atom is 0.338 e. The number of benzene rings is 2. The minimum absolute atomic E-state index is 0.0240. The van der Waals surface area contributed by atoms with E-state index in [-0.39, 0.29) is 11.8 Å². The van der Waals surface area contributed by atoms with Gasteiger partial charge in [0.15, 0.2) is 6.61 Å². The Morgan fingerprint density at radius 1 is 1.08 bits per heavy atom. The van der Waals surface area contributed by atoms with Crippen LogP contribution in [0.1, 0.15) is 24.2 Å². The zero-order valence-electron chi connectivity index (χ0n) is 14.3. The molecule has 26 heavy (non-hydrogen) atoms. The number of nitrogens with one attached hydrogen (secondary N) is 1. The van der Waals surface area contributed by atoms with Crippen LogP contribution >= 0.6 is 0 Å². The van der Waals surface area contributed by atoms with Crippen LogP contribution in [0.3, 0.4) is 0 Å². The maximum absolute atomic E-state index is 11.9. The van der Waals surface area contributed by atoms with E-state index >= 15 is 0 Å². The lowest BCUT2D eigenvalue weighted by molar-refractivity contribution is -0.384. The van der Waals surface area contributed by atoms with Gasteiger partial charge in [-0.3, -0.25) is 14.9 Å². The molecule has 0 saturated carbocycles. The number of amides is 1. The number of nitro benzene ring substituents is 1. The van der Waals surface area contributed by atoms with Gasteiger partial charge >= 0.3 is 5.97 Å². The van der Waals surface area contributed by atoms with E-state index in [2.05, 4.69) is 5.32 Å². The zero-order chi connectivity index (χ0) is 19.1. The second-order valence-corrected chi connectivity index (χ2v) is 5.62. The molecule has 0 bridgehead atoms. The van der Waals surface area contributed by atoms with Gasteiger partial charge in [0.1, 0.15) is 5.75 Å². The second kappa shape index (κ2) is 8.61. The number of rotatable bonds is 7. The third-order valence-electron chi connectivity index (χ3n) is 3.16. The first-order valence-corrected chi connectivity index (χ1v) is 7.83. The Labute approximate surface area is 149 Å². The first-order valence-electron chi connectivity index (χ1n) is 7.83. The topological polar surface area (TPSA) is 108 Å². The smallest absolute Gasteiger partial charge is 0.338 e. The average Bonchev–Trinajstić information content (AvgIpc) is 2.60. The van der Waals surface area contributed by atoms with Crippen LogP contribution in [-0.4, -0.2) is 29.5 Å². The molecule has 0 atom stereocenters. The molecular weight excluding hydrogens is 340 g/mol. The maximum atomic E-state index is 11.9. The number of nitro groups is 1. The summed E-state index contributed by atoms with van der Waals surface area (Å²) in [6, 6.07) is 11.7. The molecule has 1 amide bonds. The largest absolute Gasteiger partial charge is 0.491 e. The molecular formula is C18H18N2O6. The van der Waals surface area contributed by atoms with Crippen molar-refractivity contribution >= 4 is 23.3 Å². The number of nitrogens with zero attached hydrogens (tertiary/aromatic N) is 1. The molecule has 8 nitrogen and oxygen atoms in total. The highest BCUT2D eigenvalue weighted by Gasteiger charge is 2.11. The van der Waals surface area contributed by atoms with Crippen LogP contribution in [-0.2, 0) is 9.53 Å². The Morgan fingerprint density at radius 3 is 2.23 bits per heavy atom. The molecule has 0 aromatic heterocycles. The molecule has 1 N–H and O–H groups in total. The molecule has 0 fully saturated rings. The van der Waals surface area contributed by atoms with E-state index in [1.165, 1.54) is 24.3 Å². The van der Waals surface area contributed by atoms with E-state index in [1.54, 1.807) is 24.3 Å². The Balaban J connectivity index is 1.84. The molecule has 0 aliphatic carbocycles. The summed E-state index contributed by atoms with van der Waals surface area (Å²) >= 11 is 0. The van der Waals surface area contributed by atoms with Crippen LogP contribution in [0, 0.1) is 10.1 Å². The molecule has 0 radical (unpaired) electrons. The van der Waals surface area contributed by atoms with E-state index in [0.29, 0.717) is 17.0 Å². The van der Waals surface area contributed by atoms with Crippen molar-refractivity contribution in [2.75, 3.05) is 11.9 Å². The molecule has 136 valence electrons. The zero-order valence-corrected chi connectivity index (χ0v) is 14.3. The fraction of sp³-hybridized carbons (Fsp3) is 0.222. The van der Waals surface area contributed by atoms with Crippen molar-refractivity contribution in [3.05, 3.63) is 64.2 Å². The summed E-state index contributed by atoms with van der Waals surface area (Å²) in [6.07, 6.45) is 0.0240. The molecule has 0 aliphatic heterocycles. The number of hydrogen-bond donors (Lipinski definition) is 1. The van der Waals surface area contributed by atoms with Gasteiger partial charge in [-0.15, -0.1) is 0 Å². The third kappa shape index (κ3) is 5.59. The number of anilines is 1. The van der Waals surface area contributed by atoms with Crippen LogP contribution in [0.15, 0.2) is 48.5 Å². The highest BCUT2D eigenvalue weighted by Crippen LogP contribution is 2.16. The number of hydrogen-bond acceptors (Lipinski definition) is 6. The van der Waals surface area contributed by atoms with Gasteiger partial charge in [-0.1, -0.05) is 0 Å². The van der Waals surface area contributed by atoms with Crippen molar-refractivity contribution in [2.24, 2.45) is 0 Å². The molecule has 0 spiro atoms. The van der Waals surface area contributed by atoms with Crippen molar-refractivity contribution in [1.82, 2.24) is 0 Å². The van der Waals surface area contributed by atoms with Crippen molar-refractivity contribution in [3.63, 3.8) is 0 Å². The highest BCUT2D eigenvalue weighted by molar-refractivity contribution is 5.95. The molecule has 0 saturated heterocycles. The summed E-state index contributed by atoms with van der Waals surface area (Å²) in [6.45, 7) is 3.32. The van der Waals surface area contributed by atoms with Gasteiger partial charge in [0.25, 0.3) is 11.6 Å². The Bertz CT molecular complexity index is 784. The monoisotopic (exact) mass is 358 g/mol. The number of carbonyl (C=O) groups is 2. The summed E-state index contributed by atoms with van der Waals surface area (Å²) in [7, 11) is 0. The summed E-state index contributed by atoms with van der Waals surface area (Å²) in [5.41, 5.74) is 0.579. The predicted molar refractivity (Wildman–Crippen MR) is 94.2 cm³/mol. The van der Waals surface area contributed by atoms with Crippen LogP contribution in [0.4, 0.5) is 11.4 Å². The lowest BCUT2D eigenvalue weighted by Crippen LogP contribution is -2.20. The molecule has 0 unspecified atom stereocenters. The van der Waals surface area contributed by atoms with Gasteiger partial charge in [-0.05, 0) is 50.2 Å². The predicted octanol–water partition coefficient (Wildman–Crippen LogP) is 3.18. The Hall–Kier alpha value is -3.42. The fourth-order valence-corrected chi connectivity index (χ4v) is 2.02.